The average molecular weight is 652 g/mol. The highest BCUT2D eigenvalue weighted by molar-refractivity contribution is 7.92. The van der Waals surface area contributed by atoms with Gasteiger partial charge in [-0.2, -0.15) is 0 Å². The molecule has 0 spiro atoms. The van der Waals surface area contributed by atoms with Crippen molar-refractivity contribution < 1.29 is 32.4 Å². The van der Waals surface area contributed by atoms with Crippen LogP contribution < -0.4 is 21.3 Å². The molecule has 13 heteroatoms. The molecule has 0 unspecified atom stereocenters. The van der Waals surface area contributed by atoms with Crippen LogP contribution in [0.15, 0.2) is 0 Å². The Balaban J connectivity index is 1.41. The van der Waals surface area contributed by atoms with Crippen molar-refractivity contribution in [3.8, 4) is 0 Å². The number of unbranched alkanes of at least 4 members (excludes halogenated alkanes) is 1. The molecule has 0 radical (unpaired) electrons. The van der Waals surface area contributed by atoms with Gasteiger partial charge in [0.05, 0.1) is 28.6 Å². The van der Waals surface area contributed by atoms with Crippen LogP contribution in [0.5, 0.6) is 0 Å². The number of nitrogens with zero attached hydrogens (tertiary/aromatic N) is 1. The van der Waals surface area contributed by atoms with E-state index in [4.69, 9.17) is 0 Å². The van der Waals surface area contributed by atoms with Gasteiger partial charge in [-0.3, -0.25) is 19.2 Å². The summed E-state index contributed by atoms with van der Waals surface area (Å²) in [5.74, 6) is -2.44. The minimum Gasteiger partial charge on any atom is -0.347 e. The maximum atomic E-state index is 13.7. The minimum atomic E-state index is -3.52. The largest absolute Gasteiger partial charge is 0.347 e. The van der Waals surface area contributed by atoms with E-state index >= 15 is 0 Å². The van der Waals surface area contributed by atoms with E-state index < -0.39 is 61.7 Å². The monoisotopic (exact) mass is 651 g/mol. The number of likely N-dealkylation sites (tertiary alicyclic amines) is 1. The van der Waals surface area contributed by atoms with Crippen molar-refractivity contribution in [3.63, 3.8) is 0 Å². The van der Waals surface area contributed by atoms with E-state index in [9.17, 15) is 32.4 Å². The SMILES string of the molecule is CCCC[C@H](NC(=O)[C@@H]1[C@@H]2[C@H](CN1C(=O)CNC(=O)NC1(CS(=O)(=O)C(C)(C)C)CCCCC1)C2(C)C)C(=O)C(=O)NC1CC1. The van der Waals surface area contributed by atoms with Gasteiger partial charge in [0.1, 0.15) is 6.04 Å². The summed E-state index contributed by atoms with van der Waals surface area (Å²) in [4.78, 5) is 67.3. The first-order valence-corrected chi connectivity index (χ1v) is 18.3. The van der Waals surface area contributed by atoms with Gasteiger partial charge in [-0.05, 0) is 70.1 Å². The molecule has 254 valence electrons. The van der Waals surface area contributed by atoms with Crippen LogP contribution in [-0.2, 0) is 29.0 Å². The first-order chi connectivity index (χ1) is 20.9. The molecule has 12 nitrogen and oxygen atoms in total. The Morgan fingerprint density at radius 2 is 1.64 bits per heavy atom. The second kappa shape index (κ2) is 13.2. The Bertz CT molecular complexity index is 1280. The number of sulfone groups is 1. The number of hydrogen-bond donors (Lipinski definition) is 4. The Labute approximate surface area is 267 Å². The molecule has 4 N–H and O–H groups in total. The van der Waals surface area contributed by atoms with Gasteiger partial charge in [0.15, 0.2) is 9.84 Å². The molecule has 3 saturated carbocycles. The summed E-state index contributed by atoms with van der Waals surface area (Å²) < 4.78 is 25.2. The Kier molecular flexibility index (Phi) is 10.3. The molecule has 0 aromatic heterocycles. The smallest absolute Gasteiger partial charge is 0.315 e. The molecule has 1 heterocycles. The summed E-state index contributed by atoms with van der Waals surface area (Å²) in [6, 6.07) is -2.41. The number of nitrogens with one attached hydrogen (secondary N) is 4. The quantitative estimate of drug-likeness (QED) is 0.221. The van der Waals surface area contributed by atoms with Crippen LogP contribution in [0, 0.1) is 17.3 Å². The molecule has 0 aromatic carbocycles. The molecule has 45 heavy (non-hydrogen) atoms. The van der Waals surface area contributed by atoms with Gasteiger partial charge >= 0.3 is 6.03 Å². The van der Waals surface area contributed by atoms with E-state index in [-0.39, 0.29) is 35.6 Å². The molecule has 5 amide bonds. The number of fused-ring (bicyclic) bond motifs is 1. The number of urea groups is 1. The normalized spacial score (nSPS) is 25.8. The molecule has 4 aliphatic rings. The summed E-state index contributed by atoms with van der Waals surface area (Å²) in [7, 11) is -3.52. The number of carbonyl (C=O) groups excluding carboxylic acids is 5. The Hall–Kier alpha value is -2.70. The zero-order chi connectivity index (χ0) is 33.4. The van der Waals surface area contributed by atoms with E-state index in [2.05, 4.69) is 21.3 Å². The molecule has 0 bridgehead atoms. The van der Waals surface area contributed by atoms with Gasteiger partial charge in [-0.15, -0.1) is 0 Å². The number of amides is 5. The second-order valence-electron chi connectivity index (χ2n) is 15.3. The van der Waals surface area contributed by atoms with Gasteiger partial charge in [0.25, 0.3) is 5.91 Å². The van der Waals surface area contributed by atoms with Gasteiger partial charge in [0.2, 0.25) is 17.6 Å². The van der Waals surface area contributed by atoms with Crippen LogP contribution in [0.2, 0.25) is 0 Å². The zero-order valence-corrected chi connectivity index (χ0v) is 28.6. The fourth-order valence-electron chi connectivity index (χ4n) is 7.08. The number of hydrogen-bond acceptors (Lipinski definition) is 7. The lowest BCUT2D eigenvalue weighted by atomic mass is 9.83. The highest BCUT2D eigenvalue weighted by Crippen LogP contribution is 2.64. The van der Waals surface area contributed by atoms with E-state index in [0.717, 1.165) is 38.5 Å². The predicted octanol–water partition coefficient (Wildman–Crippen LogP) is 2.21. The van der Waals surface area contributed by atoms with Crippen molar-refractivity contribution in [2.75, 3.05) is 18.8 Å². The molecular formula is C32H53N5O7S. The van der Waals surface area contributed by atoms with Crippen LogP contribution in [0.1, 0.15) is 106 Å². The van der Waals surface area contributed by atoms with Crippen molar-refractivity contribution in [1.82, 2.24) is 26.2 Å². The lowest BCUT2D eigenvalue weighted by Crippen LogP contribution is -2.59. The Morgan fingerprint density at radius 1 is 1.00 bits per heavy atom. The highest BCUT2D eigenvalue weighted by atomic mass is 32.2. The fraction of sp³-hybridized carbons (Fsp3) is 0.844. The summed E-state index contributed by atoms with van der Waals surface area (Å²) in [5.41, 5.74) is -1.08. The number of piperidine rings is 1. The van der Waals surface area contributed by atoms with Crippen molar-refractivity contribution in [3.05, 3.63) is 0 Å². The summed E-state index contributed by atoms with van der Waals surface area (Å²) >= 11 is 0. The lowest BCUT2D eigenvalue weighted by Gasteiger charge is -2.39. The van der Waals surface area contributed by atoms with Crippen LogP contribution >= 0.6 is 0 Å². The predicted molar refractivity (Wildman–Crippen MR) is 170 cm³/mol. The summed E-state index contributed by atoms with van der Waals surface area (Å²) in [6.07, 6.45) is 7.07. The molecular weight excluding hydrogens is 598 g/mol. The summed E-state index contributed by atoms with van der Waals surface area (Å²) in [5, 5.41) is 11.0. The van der Waals surface area contributed by atoms with Crippen LogP contribution in [-0.4, -0.2) is 90.1 Å². The zero-order valence-electron chi connectivity index (χ0n) is 27.8. The molecule has 4 fully saturated rings. The second-order valence-corrected chi connectivity index (χ2v) is 18.0. The number of rotatable bonds is 13. The van der Waals surface area contributed by atoms with Crippen LogP contribution in [0.25, 0.3) is 0 Å². The topological polar surface area (TPSA) is 171 Å². The molecule has 3 aliphatic carbocycles. The average Bonchev–Trinajstić information content (AvgIpc) is 3.80. The molecule has 4 rings (SSSR count). The number of Topliss-reactive ketones (excluding diaryl/α,β-unsaturated/α-hetero) is 1. The first kappa shape index (κ1) is 35.2. The minimum absolute atomic E-state index is 0.0144. The van der Waals surface area contributed by atoms with E-state index in [1.54, 1.807) is 20.8 Å². The molecule has 0 aromatic rings. The Morgan fingerprint density at radius 3 is 2.22 bits per heavy atom. The maximum absolute atomic E-state index is 13.7. The van der Waals surface area contributed by atoms with Gasteiger partial charge in [0, 0.05) is 12.6 Å². The van der Waals surface area contributed by atoms with Crippen molar-refractivity contribution in [2.45, 2.75) is 134 Å². The van der Waals surface area contributed by atoms with Gasteiger partial charge in [-0.1, -0.05) is 52.9 Å². The number of carbonyl (C=O) groups is 5. The van der Waals surface area contributed by atoms with Gasteiger partial charge in [-0.25, -0.2) is 13.2 Å². The van der Waals surface area contributed by atoms with Crippen molar-refractivity contribution in [1.29, 1.82) is 0 Å². The fourth-order valence-corrected chi connectivity index (χ4v) is 8.60. The van der Waals surface area contributed by atoms with Crippen molar-refractivity contribution >= 4 is 39.4 Å². The highest BCUT2D eigenvalue weighted by Gasteiger charge is 2.69. The molecule has 1 aliphatic heterocycles. The molecule has 1 saturated heterocycles. The van der Waals surface area contributed by atoms with E-state index in [1.165, 1.54) is 4.90 Å². The molecule has 4 atom stereocenters. The number of ketones is 1. The van der Waals surface area contributed by atoms with Gasteiger partial charge < -0.3 is 26.2 Å². The standard InChI is InChI=1S/C32H53N5O7S/c1-7-8-12-22(26(39)28(41)34-20-13-14-20)35-27(40)25-24-21(31(24,5)6)18-37(25)23(38)17-33-29(42)36-32(15-10-9-11-16-32)19-45(43,44)30(2,3)4/h20-22,24-25H,7-19H2,1-6H3,(H,34,41)(H,35,40)(H2,33,36,42)/t21-,22-,24-,25-/m0/s1. The summed E-state index contributed by atoms with van der Waals surface area (Å²) in [6.45, 7) is 11.0. The van der Waals surface area contributed by atoms with E-state index in [1.807, 2.05) is 20.8 Å². The lowest BCUT2D eigenvalue weighted by molar-refractivity contribution is -0.143. The van der Waals surface area contributed by atoms with Crippen molar-refractivity contribution in [2.24, 2.45) is 17.3 Å². The third-order valence-electron chi connectivity index (χ3n) is 10.4. The first-order valence-electron chi connectivity index (χ1n) is 16.7. The van der Waals surface area contributed by atoms with Crippen LogP contribution in [0.4, 0.5) is 4.79 Å². The third-order valence-corrected chi connectivity index (χ3v) is 13.2. The van der Waals surface area contributed by atoms with E-state index in [0.29, 0.717) is 32.2 Å². The maximum Gasteiger partial charge on any atom is 0.315 e. The third kappa shape index (κ3) is 8.00. The van der Waals surface area contributed by atoms with Crippen LogP contribution in [0.3, 0.4) is 0 Å².